The number of rotatable bonds is 4. The average Bonchev–Trinajstić information content (AvgIpc) is 2.55. The molecule has 0 saturated carbocycles. The van der Waals surface area contributed by atoms with Gasteiger partial charge in [-0.15, -0.1) is 0 Å². The Labute approximate surface area is 128 Å². The third-order valence-corrected chi connectivity index (χ3v) is 4.50. The highest BCUT2D eigenvalue weighted by Crippen LogP contribution is 2.31. The molecule has 1 atom stereocenters. The summed E-state index contributed by atoms with van der Waals surface area (Å²) in [7, 11) is 0. The van der Waals surface area contributed by atoms with Crippen molar-refractivity contribution in [2.75, 3.05) is 0 Å². The number of hydrogen-bond acceptors (Lipinski definition) is 4. The van der Waals surface area contributed by atoms with E-state index >= 15 is 0 Å². The molecule has 3 aromatic rings. The van der Waals surface area contributed by atoms with Crippen LogP contribution in [0.5, 0.6) is 0 Å². The third-order valence-electron chi connectivity index (χ3n) is 3.47. The maximum Gasteiger partial charge on any atom is 0.117 e. The minimum Gasteiger partial charge on any atom is -0.324 e. The Balaban J connectivity index is 1.88. The molecule has 4 heteroatoms. The van der Waals surface area contributed by atoms with Crippen LogP contribution < -0.4 is 5.73 Å². The quantitative estimate of drug-likeness (QED) is 0.733. The van der Waals surface area contributed by atoms with E-state index in [0.717, 1.165) is 27.2 Å². The molecule has 1 aromatic heterocycles. The Morgan fingerprint density at radius 2 is 1.81 bits per heavy atom. The molecule has 0 bridgehead atoms. The number of aromatic nitrogens is 2. The van der Waals surface area contributed by atoms with E-state index in [0.29, 0.717) is 0 Å². The third kappa shape index (κ3) is 3.06. The summed E-state index contributed by atoms with van der Waals surface area (Å²) in [5.41, 5.74) is 8.19. The molecule has 3 rings (SSSR count). The number of para-hydroxylation sites is 1. The first-order chi connectivity index (χ1) is 10.3. The van der Waals surface area contributed by atoms with Crippen molar-refractivity contribution in [2.24, 2.45) is 5.73 Å². The van der Waals surface area contributed by atoms with E-state index in [4.69, 9.17) is 5.73 Å². The SMILES string of the molecule is CC[C@H](N)c1ccc(Sc2ncnc3ccccc23)cc1. The second kappa shape index (κ2) is 6.24. The van der Waals surface area contributed by atoms with Crippen molar-refractivity contribution in [3.63, 3.8) is 0 Å². The Bertz CT molecular complexity index is 735. The Hall–Kier alpha value is -1.91. The van der Waals surface area contributed by atoms with Crippen molar-refractivity contribution in [3.05, 3.63) is 60.4 Å². The molecule has 0 spiro atoms. The van der Waals surface area contributed by atoms with Gasteiger partial charge in [0.1, 0.15) is 11.4 Å². The fourth-order valence-corrected chi connectivity index (χ4v) is 3.07. The van der Waals surface area contributed by atoms with E-state index < -0.39 is 0 Å². The topological polar surface area (TPSA) is 51.8 Å². The van der Waals surface area contributed by atoms with Crippen LogP contribution in [0, 0.1) is 0 Å². The van der Waals surface area contributed by atoms with Crippen molar-refractivity contribution in [2.45, 2.75) is 29.3 Å². The highest BCUT2D eigenvalue weighted by Gasteiger charge is 2.07. The maximum absolute atomic E-state index is 6.04. The molecular weight excluding hydrogens is 278 g/mol. The molecule has 3 nitrogen and oxygen atoms in total. The molecule has 106 valence electrons. The monoisotopic (exact) mass is 295 g/mol. The first-order valence-corrected chi connectivity index (χ1v) is 7.82. The molecule has 0 aliphatic heterocycles. The van der Waals surface area contributed by atoms with Gasteiger partial charge >= 0.3 is 0 Å². The summed E-state index contributed by atoms with van der Waals surface area (Å²) in [6, 6.07) is 16.6. The van der Waals surface area contributed by atoms with Crippen LogP contribution >= 0.6 is 11.8 Å². The molecule has 0 aliphatic rings. The lowest BCUT2D eigenvalue weighted by Crippen LogP contribution is -2.07. The van der Waals surface area contributed by atoms with Gasteiger partial charge in [0.15, 0.2) is 0 Å². The molecule has 2 N–H and O–H groups in total. The zero-order valence-corrected chi connectivity index (χ0v) is 12.7. The molecule has 0 fully saturated rings. The standard InChI is InChI=1S/C17H17N3S/c1-2-15(18)12-7-9-13(10-8-12)21-17-14-5-3-4-6-16(14)19-11-20-17/h3-11,15H,2,18H2,1H3/t15-/m0/s1. The zero-order valence-electron chi connectivity index (χ0n) is 11.9. The molecule has 0 saturated heterocycles. The van der Waals surface area contributed by atoms with Gasteiger partial charge in [-0.05, 0) is 30.2 Å². The summed E-state index contributed by atoms with van der Waals surface area (Å²) >= 11 is 1.65. The Morgan fingerprint density at radius 3 is 2.57 bits per heavy atom. The molecule has 21 heavy (non-hydrogen) atoms. The average molecular weight is 295 g/mol. The normalized spacial score (nSPS) is 12.5. The first-order valence-electron chi connectivity index (χ1n) is 7.01. The van der Waals surface area contributed by atoms with E-state index in [-0.39, 0.29) is 6.04 Å². The fraction of sp³-hybridized carbons (Fsp3) is 0.176. The van der Waals surface area contributed by atoms with Gasteiger partial charge in [-0.3, -0.25) is 0 Å². The molecular formula is C17H17N3S. The zero-order chi connectivity index (χ0) is 14.7. The lowest BCUT2D eigenvalue weighted by molar-refractivity contribution is 0.698. The van der Waals surface area contributed by atoms with E-state index in [1.54, 1.807) is 18.1 Å². The summed E-state index contributed by atoms with van der Waals surface area (Å²) in [5.74, 6) is 0. The minimum atomic E-state index is 0.115. The molecule has 1 heterocycles. The van der Waals surface area contributed by atoms with Gasteiger partial charge in [-0.25, -0.2) is 9.97 Å². The summed E-state index contributed by atoms with van der Waals surface area (Å²) in [6.45, 7) is 2.10. The second-order valence-electron chi connectivity index (χ2n) is 4.88. The van der Waals surface area contributed by atoms with Crippen molar-refractivity contribution in [3.8, 4) is 0 Å². The van der Waals surface area contributed by atoms with Gasteiger partial charge in [0.2, 0.25) is 0 Å². The number of nitrogens with zero attached hydrogens (tertiary/aromatic N) is 2. The van der Waals surface area contributed by atoms with Gasteiger partial charge in [-0.1, -0.05) is 49.0 Å². The lowest BCUT2D eigenvalue weighted by atomic mass is 10.1. The van der Waals surface area contributed by atoms with Crippen LogP contribution in [-0.2, 0) is 0 Å². The van der Waals surface area contributed by atoms with E-state index in [2.05, 4.69) is 47.2 Å². The van der Waals surface area contributed by atoms with Crippen LogP contribution in [0.3, 0.4) is 0 Å². The van der Waals surface area contributed by atoms with E-state index in [1.165, 1.54) is 5.56 Å². The van der Waals surface area contributed by atoms with Crippen LogP contribution in [-0.4, -0.2) is 9.97 Å². The molecule has 0 unspecified atom stereocenters. The number of hydrogen-bond donors (Lipinski definition) is 1. The van der Waals surface area contributed by atoms with Crippen LogP contribution in [0.2, 0.25) is 0 Å². The summed E-state index contributed by atoms with van der Waals surface area (Å²) in [4.78, 5) is 9.85. The lowest BCUT2D eigenvalue weighted by Gasteiger charge is -2.10. The first kappa shape index (κ1) is 14.0. The van der Waals surface area contributed by atoms with Crippen LogP contribution in [0.15, 0.2) is 64.8 Å². The number of benzene rings is 2. The molecule has 0 amide bonds. The Morgan fingerprint density at radius 1 is 1.05 bits per heavy atom. The van der Waals surface area contributed by atoms with Crippen molar-refractivity contribution < 1.29 is 0 Å². The minimum absolute atomic E-state index is 0.115. The van der Waals surface area contributed by atoms with Gasteiger partial charge in [0.05, 0.1) is 5.52 Å². The molecule has 0 radical (unpaired) electrons. The summed E-state index contributed by atoms with van der Waals surface area (Å²) in [6.07, 6.45) is 2.56. The highest BCUT2D eigenvalue weighted by molar-refractivity contribution is 7.99. The smallest absolute Gasteiger partial charge is 0.117 e. The van der Waals surface area contributed by atoms with Crippen molar-refractivity contribution >= 4 is 22.7 Å². The largest absolute Gasteiger partial charge is 0.324 e. The van der Waals surface area contributed by atoms with Gasteiger partial charge in [-0.2, -0.15) is 0 Å². The predicted octanol–water partition coefficient (Wildman–Crippen LogP) is 4.19. The molecule has 2 aromatic carbocycles. The van der Waals surface area contributed by atoms with Crippen LogP contribution in [0.1, 0.15) is 24.9 Å². The van der Waals surface area contributed by atoms with Crippen molar-refractivity contribution in [1.29, 1.82) is 0 Å². The Kier molecular flexibility index (Phi) is 4.18. The maximum atomic E-state index is 6.04. The van der Waals surface area contributed by atoms with Crippen LogP contribution in [0.25, 0.3) is 10.9 Å². The number of nitrogens with two attached hydrogens (primary N) is 1. The van der Waals surface area contributed by atoms with Gasteiger partial charge < -0.3 is 5.73 Å². The highest BCUT2D eigenvalue weighted by atomic mass is 32.2. The van der Waals surface area contributed by atoms with Crippen LogP contribution in [0.4, 0.5) is 0 Å². The summed E-state index contributed by atoms with van der Waals surface area (Å²) in [5, 5.41) is 2.06. The van der Waals surface area contributed by atoms with E-state index in [9.17, 15) is 0 Å². The molecule has 0 aliphatic carbocycles. The van der Waals surface area contributed by atoms with Gasteiger partial charge in [0, 0.05) is 16.3 Å². The summed E-state index contributed by atoms with van der Waals surface area (Å²) < 4.78 is 0. The van der Waals surface area contributed by atoms with Crippen molar-refractivity contribution in [1.82, 2.24) is 9.97 Å². The predicted molar refractivity (Wildman–Crippen MR) is 87.3 cm³/mol. The second-order valence-corrected chi connectivity index (χ2v) is 5.94. The number of fused-ring (bicyclic) bond motifs is 1. The van der Waals surface area contributed by atoms with Gasteiger partial charge in [0.25, 0.3) is 0 Å². The fourth-order valence-electron chi connectivity index (χ4n) is 2.19. The van der Waals surface area contributed by atoms with E-state index in [1.807, 2.05) is 18.2 Å².